The Kier molecular flexibility index (Phi) is 480. The summed E-state index contributed by atoms with van der Waals surface area (Å²) in [5.74, 6) is 0. The number of hydrogen-bond acceptors (Lipinski definition) is 4. The van der Waals surface area contributed by atoms with Gasteiger partial charge in [0.15, 0.2) is 0 Å². The fraction of sp³-hybridized carbons (Fsp3) is 0.750. The van der Waals surface area contributed by atoms with Gasteiger partial charge in [-0.25, -0.2) is 0 Å². The second-order valence-corrected chi connectivity index (χ2v) is 10.4. The van der Waals surface area contributed by atoms with Crippen LogP contribution in [0, 0.1) is 79.8 Å². The molecule has 24 heteroatoms. The molecular formula is C48H92Cr4N4O16. The maximum atomic E-state index is 8.25. The molecule has 0 saturated heterocycles. The fourth-order valence-electron chi connectivity index (χ4n) is 5.37. The Morgan fingerprint density at radius 2 is 0.194 bits per heavy atom. The molecule has 0 radical (unpaired) electrons. The summed E-state index contributed by atoms with van der Waals surface area (Å²) in [6, 6.07) is 0. The van der Waals surface area contributed by atoms with Crippen LogP contribution in [0.1, 0.15) is 111 Å². The second kappa shape index (κ2) is 220. The molecule has 72 heavy (non-hydrogen) atoms. The molecule has 0 aromatic rings. The first-order chi connectivity index (χ1) is 33.0. The summed E-state index contributed by atoms with van der Waals surface area (Å²) in [5.41, 5.74) is 0. The Labute approximate surface area is 484 Å². The molecule has 0 saturated carbocycles. The largest absolute Gasteiger partial charge is 0 e. The van der Waals surface area contributed by atoms with Crippen LogP contribution in [0.3, 0.4) is 0 Å². The average molecular weight is 1190 g/mol. The number of rotatable bonds is 16. The van der Waals surface area contributed by atoms with Crippen LogP contribution in [0.5, 0.6) is 0 Å². The van der Waals surface area contributed by atoms with E-state index in [1.165, 1.54) is 123 Å². The zero-order valence-corrected chi connectivity index (χ0v) is 52.4. The minimum Gasteiger partial charge on any atom is 0 e. The van der Waals surface area contributed by atoms with E-state index < -0.39 is 0 Å². The molecule has 20 nitrogen and oxygen atoms in total. The molecule has 0 atom stereocenters. The van der Waals surface area contributed by atoms with Crippen molar-refractivity contribution in [2.45, 2.75) is 111 Å². The quantitative estimate of drug-likeness (QED) is 0.128. The number of nitrogens with zero attached hydrogens (tertiary/aromatic N) is 4. The van der Waals surface area contributed by atoms with E-state index in [1.807, 2.05) is 0 Å². The van der Waals surface area contributed by atoms with E-state index in [0.717, 1.165) is 28.4 Å². The Morgan fingerprint density at radius 3 is 0.194 bits per heavy atom. The van der Waals surface area contributed by atoms with Crippen molar-refractivity contribution in [3.05, 3.63) is 79.8 Å². The van der Waals surface area contributed by atoms with E-state index >= 15 is 0 Å². The molecule has 0 bridgehead atoms. The zero-order chi connectivity index (χ0) is 61.3. The van der Waals surface area contributed by atoms with Gasteiger partial charge in [0.25, 0.3) is 0 Å². The average Bonchev–Trinajstić information content (AvgIpc) is 3.51. The van der Waals surface area contributed by atoms with Crippen LogP contribution in [0.4, 0.5) is 0 Å². The predicted molar refractivity (Wildman–Crippen MR) is 241 cm³/mol. The molecule has 0 unspecified atom stereocenters. The van der Waals surface area contributed by atoms with Crippen molar-refractivity contribution in [2.24, 2.45) is 0 Å². The maximum absolute atomic E-state index is 8.25. The van der Waals surface area contributed by atoms with Gasteiger partial charge in [-0.05, 0) is 111 Å². The summed E-state index contributed by atoms with van der Waals surface area (Å²) < 4.78 is 95.1. The molecule has 0 aliphatic heterocycles. The van der Waals surface area contributed by atoms with Gasteiger partial charge < -0.3 is 38.4 Å². The van der Waals surface area contributed by atoms with Gasteiger partial charge in [0.05, 0.1) is 105 Å². The summed E-state index contributed by atoms with van der Waals surface area (Å²) >= 11 is 0. The Morgan fingerprint density at radius 1 is 0.167 bits per heavy atom. The summed E-state index contributed by atoms with van der Waals surface area (Å²) in [6.45, 7) is 111. The molecule has 0 rings (SSSR count). The normalized spacial score (nSPS) is 6.67. The molecule has 424 valence electrons. The van der Waals surface area contributed by atoms with Gasteiger partial charge in [-0.1, -0.05) is 0 Å². The molecule has 0 aliphatic carbocycles. The fourth-order valence-corrected chi connectivity index (χ4v) is 5.37. The van der Waals surface area contributed by atoms with Crippen molar-refractivity contribution >= 4 is 0 Å². The van der Waals surface area contributed by atoms with Crippen molar-refractivity contribution in [3.8, 4) is 0 Å². The van der Waals surface area contributed by atoms with E-state index in [4.69, 9.17) is 76.3 Å². The molecule has 0 heterocycles. The van der Waals surface area contributed by atoms with Gasteiger partial charge in [0, 0.05) is 69.4 Å². The van der Waals surface area contributed by atoms with Gasteiger partial charge in [-0.2, -0.15) is 28.4 Å². The topological polar surface area (TPSA) is 331 Å². The second-order valence-electron chi connectivity index (χ2n) is 10.4. The number of hydrogen-bond donors (Lipinski definition) is 0. The molecular weight excluding hydrogens is 1100 g/mol. The van der Waals surface area contributed by atoms with Crippen LogP contribution in [-0.4, -0.2) is 151 Å². The van der Waals surface area contributed by atoms with Crippen LogP contribution in [0.2, 0.25) is 0 Å². The summed E-state index contributed by atoms with van der Waals surface area (Å²) in [6.07, 6.45) is 0. The zero-order valence-electron chi connectivity index (χ0n) is 47.3. The standard InChI is InChI=1S/4C8H20N.4CH3O.12CO.4Cr/c4*1-5-9(6-2,7-3)8-4;16*1-2;;;;/h4*5-8H2,1-4H3;4*1H3;;;;;;;;;;;;;;;;/q4*+1;4*-1;;;;;;;;;;;;;;;;. The van der Waals surface area contributed by atoms with E-state index in [-0.39, 0.29) is 69.4 Å². The van der Waals surface area contributed by atoms with Gasteiger partial charge in [-0.3, -0.25) is 0 Å². The van der Waals surface area contributed by atoms with Crippen LogP contribution in [0.15, 0.2) is 0 Å². The first-order valence-corrected chi connectivity index (χ1v) is 20.5. The van der Waals surface area contributed by atoms with Gasteiger partial charge in [-0.15, -0.1) is 0 Å². The van der Waals surface area contributed by atoms with E-state index in [9.17, 15) is 0 Å². The smallest absolute Gasteiger partial charge is 0 e. The number of quaternary nitrogens is 4. The van der Waals surface area contributed by atoms with Crippen molar-refractivity contribution in [2.75, 3.05) is 133 Å². The third-order valence-electron chi connectivity index (χ3n) is 10.7. The first kappa shape index (κ1) is 157. The summed E-state index contributed by atoms with van der Waals surface area (Å²) in [5, 5.41) is 33.0. The van der Waals surface area contributed by atoms with Crippen LogP contribution in [-0.2, 0) is 125 Å². The third kappa shape index (κ3) is 144. The summed E-state index contributed by atoms with van der Waals surface area (Å²) in [4.78, 5) is 0. The van der Waals surface area contributed by atoms with Crippen LogP contribution >= 0.6 is 0 Å². The first-order valence-electron chi connectivity index (χ1n) is 20.5. The van der Waals surface area contributed by atoms with E-state index in [1.54, 1.807) is 0 Å². The molecule has 0 fully saturated rings. The molecule has 0 N–H and O–H groups in total. The van der Waals surface area contributed by atoms with Gasteiger partial charge in [0.1, 0.15) is 0 Å². The molecule has 0 amide bonds. The van der Waals surface area contributed by atoms with Crippen LogP contribution < -0.4 is 20.4 Å². The Bertz CT molecular complexity index is 686. The SMILES string of the molecule is CC[N+](CC)(CC)CC.CC[N+](CC)(CC)CC.CC[N+](CC)(CC)CC.CC[N+](CC)(CC)CC.C[O-].C[O-].C[O-].C[O-].[C-]#[O+].[C-]#[O+].[C-]#[O+].[C-]#[O+].[C-]#[O+].[C-]#[O+].[C-]#[O+].[C-]#[O+].[C-]#[O+].[C-]#[O+].[C-]#[O+].[C-]#[O+].[Cr].[Cr].[Cr].[Cr]. The molecule has 0 aromatic carbocycles. The molecule has 0 spiro atoms. The van der Waals surface area contributed by atoms with Gasteiger partial charge >= 0.3 is 136 Å². The summed E-state index contributed by atoms with van der Waals surface area (Å²) in [7, 11) is 3.00. The Balaban J connectivity index is -0.0000000161. The monoisotopic (exact) mass is 1190 g/mol. The van der Waals surface area contributed by atoms with Crippen molar-refractivity contribution in [1.82, 2.24) is 0 Å². The molecule has 0 aliphatic rings. The van der Waals surface area contributed by atoms with Crippen molar-refractivity contribution < 1.29 is 164 Å². The predicted octanol–water partition coefficient (Wildman–Crippen LogP) is 2.98. The third-order valence-corrected chi connectivity index (χ3v) is 10.7. The molecule has 0 aromatic heterocycles. The van der Waals surface area contributed by atoms with Crippen molar-refractivity contribution in [3.63, 3.8) is 0 Å². The maximum Gasteiger partial charge on any atom is 0 e. The van der Waals surface area contributed by atoms with Gasteiger partial charge in [0.2, 0.25) is 0 Å². The van der Waals surface area contributed by atoms with E-state index in [2.05, 4.69) is 191 Å². The van der Waals surface area contributed by atoms with Crippen LogP contribution in [0.25, 0.3) is 0 Å². The van der Waals surface area contributed by atoms with E-state index in [0.29, 0.717) is 0 Å². The minimum atomic E-state index is 0. The van der Waals surface area contributed by atoms with Crippen molar-refractivity contribution in [1.29, 1.82) is 0 Å². The Hall–Kier alpha value is -1.31. The minimum absolute atomic E-state index is 0.